The fraction of sp³-hybridized carbons (Fsp3) is 0.429. The van der Waals surface area contributed by atoms with Gasteiger partial charge in [0.05, 0.1) is 25.8 Å². The minimum Gasteiger partial charge on any atom is -0.469 e. The Morgan fingerprint density at radius 2 is 1.86 bits per heavy atom. The first-order valence-corrected chi connectivity index (χ1v) is 7.93. The Morgan fingerprint density at radius 1 is 1.29 bits per heavy atom. The monoisotopic (exact) mass is 420 g/mol. The highest BCUT2D eigenvalue weighted by atomic mass is 79.9. The number of likely N-dealkylation sites (N-methyl/N-ethyl adjacent to an activating group) is 1. The van der Waals surface area contributed by atoms with Gasteiger partial charge in [0.2, 0.25) is 5.91 Å². The van der Waals surface area contributed by atoms with Crippen molar-refractivity contribution in [1.82, 2.24) is 4.90 Å². The van der Waals surface area contributed by atoms with Crippen LogP contribution in [-0.4, -0.2) is 44.0 Å². The third-order valence-corrected chi connectivity index (χ3v) is 4.04. The summed E-state index contributed by atoms with van der Waals surface area (Å²) in [5.74, 6) is -0.432. The van der Waals surface area contributed by atoms with Crippen molar-refractivity contribution >= 4 is 49.4 Å². The Balaban J connectivity index is 2.56. The second kappa shape index (κ2) is 8.51. The number of nitrogens with zero attached hydrogens (tertiary/aromatic N) is 1. The average molecular weight is 422 g/mol. The summed E-state index contributed by atoms with van der Waals surface area (Å²) in [6, 6.07) is 3.86. The van der Waals surface area contributed by atoms with Crippen molar-refractivity contribution in [1.29, 1.82) is 0 Å². The number of amides is 1. The van der Waals surface area contributed by atoms with E-state index in [0.717, 1.165) is 14.5 Å². The molecule has 21 heavy (non-hydrogen) atoms. The van der Waals surface area contributed by atoms with Crippen molar-refractivity contribution in [3.05, 3.63) is 26.6 Å². The molecule has 0 spiro atoms. The molecule has 1 aromatic rings. The predicted molar refractivity (Wildman–Crippen MR) is 89.3 cm³/mol. The van der Waals surface area contributed by atoms with Crippen molar-refractivity contribution in [3.8, 4) is 0 Å². The van der Waals surface area contributed by atoms with Crippen molar-refractivity contribution in [2.45, 2.75) is 13.3 Å². The second-order valence-corrected chi connectivity index (χ2v) is 6.42. The van der Waals surface area contributed by atoms with Gasteiger partial charge in [-0.2, -0.15) is 0 Å². The van der Waals surface area contributed by atoms with E-state index < -0.39 is 0 Å². The number of aryl methyl sites for hydroxylation is 1. The van der Waals surface area contributed by atoms with Crippen LogP contribution in [0.1, 0.15) is 12.0 Å². The average Bonchev–Trinajstić information content (AvgIpc) is 2.40. The number of rotatable bonds is 6. The summed E-state index contributed by atoms with van der Waals surface area (Å²) in [6.07, 6.45) is 0.262. The highest BCUT2D eigenvalue weighted by Gasteiger charge is 2.13. The largest absolute Gasteiger partial charge is 0.469 e. The number of carbonyl (C=O) groups excluding carboxylic acids is 2. The van der Waals surface area contributed by atoms with Gasteiger partial charge in [-0.05, 0) is 63.5 Å². The van der Waals surface area contributed by atoms with Crippen LogP contribution in [-0.2, 0) is 14.3 Å². The molecule has 0 atom stereocenters. The van der Waals surface area contributed by atoms with Crippen LogP contribution in [0.15, 0.2) is 21.1 Å². The molecule has 1 rings (SSSR count). The summed E-state index contributed by atoms with van der Waals surface area (Å²) in [5.41, 5.74) is 1.79. The summed E-state index contributed by atoms with van der Waals surface area (Å²) in [5, 5.41) is 2.85. The lowest BCUT2D eigenvalue weighted by Crippen LogP contribution is -2.32. The Bertz CT molecular complexity index is 512. The molecule has 0 fully saturated rings. The number of carbonyl (C=O) groups is 2. The van der Waals surface area contributed by atoms with E-state index in [1.54, 1.807) is 11.9 Å². The van der Waals surface area contributed by atoms with Crippen LogP contribution < -0.4 is 5.32 Å². The van der Waals surface area contributed by atoms with E-state index in [1.165, 1.54) is 7.11 Å². The van der Waals surface area contributed by atoms with Gasteiger partial charge in [-0.3, -0.25) is 14.5 Å². The summed E-state index contributed by atoms with van der Waals surface area (Å²) in [4.78, 5) is 24.8. The standard InChI is InChI=1S/C14H18Br2N2O3/c1-9-6-10(15)14(11(16)7-9)17-12(19)8-18(2)5-4-13(20)21-3/h6-7H,4-5,8H2,1-3H3,(H,17,19). The molecule has 1 N–H and O–H groups in total. The zero-order valence-electron chi connectivity index (χ0n) is 12.2. The SMILES string of the molecule is COC(=O)CCN(C)CC(=O)Nc1c(Br)cc(C)cc1Br. The Morgan fingerprint density at radius 3 is 2.38 bits per heavy atom. The number of ether oxygens (including phenoxy) is 1. The van der Waals surface area contributed by atoms with Gasteiger partial charge in [0, 0.05) is 15.5 Å². The fourth-order valence-corrected chi connectivity index (χ4v) is 3.32. The predicted octanol–water partition coefficient (Wildman–Crippen LogP) is 2.95. The van der Waals surface area contributed by atoms with Crippen LogP contribution in [0.2, 0.25) is 0 Å². The van der Waals surface area contributed by atoms with Gasteiger partial charge in [0.15, 0.2) is 0 Å². The molecular formula is C14H18Br2N2O3. The van der Waals surface area contributed by atoms with Crippen LogP contribution >= 0.6 is 31.9 Å². The van der Waals surface area contributed by atoms with E-state index in [4.69, 9.17) is 0 Å². The summed E-state index contributed by atoms with van der Waals surface area (Å²) in [6.45, 7) is 2.64. The van der Waals surface area contributed by atoms with E-state index in [-0.39, 0.29) is 24.8 Å². The van der Waals surface area contributed by atoms with Crippen LogP contribution in [0.4, 0.5) is 5.69 Å². The molecule has 1 amide bonds. The maximum absolute atomic E-state index is 12.0. The van der Waals surface area contributed by atoms with E-state index in [2.05, 4.69) is 41.9 Å². The molecule has 116 valence electrons. The Hall–Kier alpha value is -0.920. The van der Waals surface area contributed by atoms with E-state index in [9.17, 15) is 9.59 Å². The van der Waals surface area contributed by atoms with Gasteiger partial charge in [-0.1, -0.05) is 0 Å². The van der Waals surface area contributed by atoms with Gasteiger partial charge in [-0.25, -0.2) is 0 Å². The first-order chi connectivity index (χ1) is 9.83. The number of nitrogens with one attached hydrogen (secondary N) is 1. The molecular weight excluding hydrogens is 404 g/mol. The third kappa shape index (κ3) is 6.15. The molecule has 7 heteroatoms. The first kappa shape index (κ1) is 18.1. The highest BCUT2D eigenvalue weighted by Crippen LogP contribution is 2.32. The molecule has 0 saturated heterocycles. The zero-order valence-corrected chi connectivity index (χ0v) is 15.4. The van der Waals surface area contributed by atoms with Crippen molar-refractivity contribution in [2.75, 3.05) is 32.6 Å². The molecule has 0 aliphatic carbocycles. The molecule has 0 radical (unpaired) electrons. The quantitative estimate of drug-likeness (QED) is 0.717. The lowest BCUT2D eigenvalue weighted by Gasteiger charge is -2.16. The van der Waals surface area contributed by atoms with Gasteiger partial charge in [0.1, 0.15) is 0 Å². The topological polar surface area (TPSA) is 58.6 Å². The van der Waals surface area contributed by atoms with Crippen LogP contribution in [0.3, 0.4) is 0 Å². The molecule has 1 aromatic carbocycles. The van der Waals surface area contributed by atoms with Crippen LogP contribution in [0.25, 0.3) is 0 Å². The first-order valence-electron chi connectivity index (χ1n) is 6.34. The van der Waals surface area contributed by atoms with Crippen molar-refractivity contribution < 1.29 is 14.3 Å². The third-order valence-electron chi connectivity index (χ3n) is 2.79. The smallest absolute Gasteiger partial charge is 0.306 e. The molecule has 0 bridgehead atoms. The minimum atomic E-state index is -0.286. The number of methoxy groups -OCH3 is 1. The van der Waals surface area contributed by atoms with E-state index >= 15 is 0 Å². The zero-order chi connectivity index (χ0) is 16.0. The molecule has 0 heterocycles. The minimum absolute atomic E-state index is 0.146. The maximum Gasteiger partial charge on any atom is 0.306 e. The summed E-state index contributed by atoms with van der Waals surface area (Å²) >= 11 is 6.86. The lowest BCUT2D eigenvalue weighted by molar-refractivity contribution is -0.141. The molecule has 0 aromatic heterocycles. The highest BCUT2D eigenvalue weighted by molar-refractivity contribution is 9.11. The second-order valence-electron chi connectivity index (χ2n) is 4.72. The summed E-state index contributed by atoms with van der Waals surface area (Å²) < 4.78 is 6.20. The Kier molecular flexibility index (Phi) is 7.34. The molecule has 5 nitrogen and oxygen atoms in total. The van der Waals surface area contributed by atoms with Gasteiger partial charge < -0.3 is 10.1 Å². The summed E-state index contributed by atoms with van der Waals surface area (Å²) in [7, 11) is 3.13. The number of anilines is 1. The van der Waals surface area contributed by atoms with E-state index in [1.807, 2.05) is 19.1 Å². The number of benzene rings is 1. The number of hydrogen-bond acceptors (Lipinski definition) is 4. The van der Waals surface area contributed by atoms with Gasteiger partial charge >= 0.3 is 5.97 Å². The molecule has 0 aliphatic heterocycles. The van der Waals surface area contributed by atoms with Crippen molar-refractivity contribution in [3.63, 3.8) is 0 Å². The van der Waals surface area contributed by atoms with Crippen LogP contribution in [0, 0.1) is 6.92 Å². The van der Waals surface area contributed by atoms with Gasteiger partial charge in [0.25, 0.3) is 0 Å². The molecule has 0 saturated carbocycles. The molecule has 0 unspecified atom stereocenters. The number of esters is 1. The fourth-order valence-electron chi connectivity index (χ4n) is 1.71. The normalized spacial score (nSPS) is 10.6. The number of hydrogen-bond donors (Lipinski definition) is 1. The van der Waals surface area contributed by atoms with Gasteiger partial charge in [-0.15, -0.1) is 0 Å². The maximum atomic E-state index is 12.0. The van der Waals surface area contributed by atoms with E-state index in [0.29, 0.717) is 12.2 Å². The lowest BCUT2D eigenvalue weighted by atomic mass is 10.2. The van der Waals surface area contributed by atoms with Crippen molar-refractivity contribution in [2.24, 2.45) is 0 Å². The Labute approximate surface area is 141 Å². The molecule has 0 aliphatic rings. The van der Waals surface area contributed by atoms with Crippen LogP contribution in [0.5, 0.6) is 0 Å². The number of halogens is 2.